The third-order valence-corrected chi connectivity index (χ3v) is 5.32. The predicted octanol–water partition coefficient (Wildman–Crippen LogP) is 2.99. The van der Waals surface area contributed by atoms with E-state index in [1.807, 2.05) is 43.3 Å². The second-order valence-corrected chi connectivity index (χ2v) is 7.76. The molecule has 0 radical (unpaired) electrons. The van der Waals surface area contributed by atoms with E-state index in [9.17, 15) is 10.1 Å². The van der Waals surface area contributed by atoms with E-state index in [-0.39, 0.29) is 17.5 Å². The molecule has 1 heterocycles. The van der Waals surface area contributed by atoms with Crippen molar-refractivity contribution in [2.75, 3.05) is 36.2 Å². The van der Waals surface area contributed by atoms with Gasteiger partial charge in [0.05, 0.1) is 4.92 Å². The van der Waals surface area contributed by atoms with Crippen molar-refractivity contribution in [2.45, 2.75) is 38.3 Å². The number of aromatic nitrogens is 2. The topological polar surface area (TPSA) is 122 Å². The molecule has 1 aromatic carbocycles. The molecule has 0 bridgehead atoms. The maximum atomic E-state index is 11.3. The third-order valence-electron chi connectivity index (χ3n) is 5.32. The van der Waals surface area contributed by atoms with Crippen LogP contribution in [0.4, 0.5) is 23.1 Å². The summed E-state index contributed by atoms with van der Waals surface area (Å²) < 4.78 is 0. The molecule has 29 heavy (non-hydrogen) atoms. The zero-order chi connectivity index (χ0) is 20.8. The number of hydrogen-bond acceptors (Lipinski definition) is 8. The fourth-order valence-corrected chi connectivity index (χ4v) is 3.45. The van der Waals surface area contributed by atoms with Crippen LogP contribution in [0.1, 0.15) is 31.2 Å². The highest BCUT2D eigenvalue weighted by Gasteiger charge is 2.21. The van der Waals surface area contributed by atoms with Crippen molar-refractivity contribution < 1.29 is 4.92 Å². The molecule has 3 rings (SSSR count). The van der Waals surface area contributed by atoms with Gasteiger partial charge in [0.25, 0.3) is 0 Å². The van der Waals surface area contributed by atoms with Crippen LogP contribution < -0.4 is 21.3 Å². The highest BCUT2D eigenvalue weighted by atomic mass is 16.6. The largest absolute Gasteiger partial charge is 0.378 e. The first-order chi connectivity index (χ1) is 13.9. The van der Waals surface area contributed by atoms with Gasteiger partial charge >= 0.3 is 5.69 Å². The van der Waals surface area contributed by atoms with Crippen molar-refractivity contribution in [1.29, 1.82) is 0 Å². The lowest BCUT2D eigenvalue weighted by Gasteiger charge is -2.26. The van der Waals surface area contributed by atoms with Crippen LogP contribution in [0, 0.1) is 16.0 Å². The first-order valence-corrected chi connectivity index (χ1v) is 9.93. The van der Waals surface area contributed by atoms with Gasteiger partial charge in [-0.25, -0.2) is 4.98 Å². The van der Waals surface area contributed by atoms with E-state index in [2.05, 4.69) is 20.6 Å². The number of benzene rings is 1. The zero-order valence-electron chi connectivity index (χ0n) is 17.0. The molecule has 0 spiro atoms. The van der Waals surface area contributed by atoms with Crippen LogP contribution in [0.5, 0.6) is 0 Å². The lowest BCUT2D eigenvalue weighted by Crippen LogP contribution is -2.29. The van der Waals surface area contributed by atoms with Crippen molar-refractivity contribution in [1.82, 2.24) is 9.97 Å². The summed E-state index contributed by atoms with van der Waals surface area (Å²) in [6.45, 7) is 1.18. The summed E-state index contributed by atoms with van der Waals surface area (Å²) in [6.07, 6.45) is 5.31. The van der Waals surface area contributed by atoms with Gasteiger partial charge in [0.1, 0.15) is 6.20 Å². The van der Waals surface area contributed by atoms with Crippen molar-refractivity contribution in [3.63, 3.8) is 0 Å². The molecule has 0 aliphatic heterocycles. The summed E-state index contributed by atoms with van der Waals surface area (Å²) in [7, 11) is 3.99. The van der Waals surface area contributed by atoms with Gasteiger partial charge in [0.15, 0.2) is 0 Å². The second-order valence-electron chi connectivity index (χ2n) is 7.76. The fraction of sp³-hybridized carbons (Fsp3) is 0.500. The van der Waals surface area contributed by atoms with Crippen molar-refractivity contribution in [2.24, 2.45) is 11.7 Å². The smallest absolute Gasteiger partial charge is 0.329 e. The summed E-state index contributed by atoms with van der Waals surface area (Å²) in [5.41, 5.74) is 8.03. The van der Waals surface area contributed by atoms with Gasteiger partial charge in [-0.1, -0.05) is 12.1 Å². The van der Waals surface area contributed by atoms with Crippen molar-refractivity contribution in [3.05, 3.63) is 46.1 Å². The molecule has 1 fully saturated rings. The molecule has 156 valence electrons. The van der Waals surface area contributed by atoms with E-state index in [1.165, 1.54) is 6.20 Å². The van der Waals surface area contributed by atoms with Crippen LogP contribution in [-0.4, -0.2) is 41.6 Å². The average molecular weight is 399 g/mol. The highest BCUT2D eigenvalue weighted by Crippen LogP contribution is 2.26. The molecule has 9 heteroatoms. The maximum absolute atomic E-state index is 11.3. The van der Waals surface area contributed by atoms with Gasteiger partial charge in [0.2, 0.25) is 11.8 Å². The Morgan fingerprint density at radius 2 is 1.86 bits per heavy atom. The lowest BCUT2D eigenvalue weighted by atomic mass is 9.86. The third kappa shape index (κ3) is 5.77. The molecule has 0 amide bonds. The van der Waals surface area contributed by atoms with Crippen molar-refractivity contribution >= 4 is 23.1 Å². The Morgan fingerprint density at radius 1 is 1.17 bits per heavy atom. The summed E-state index contributed by atoms with van der Waals surface area (Å²) >= 11 is 0. The van der Waals surface area contributed by atoms with E-state index in [0.717, 1.165) is 36.9 Å². The quantitative estimate of drug-likeness (QED) is 0.457. The minimum Gasteiger partial charge on any atom is -0.378 e. The first-order valence-electron chi connectivity index (χ1n) is 9.93. The van der Waals surface area contributed by atoms with Crippen molar-refractivity contribution in [3.8, 4) is 0 Å². The number of nitrogens with one attached hydrogen (secondary N) is 2. The molecule has 2 aromatic rings. The SMILES string of the molecule is CN(C)c1ccc(CNc2ncc([N+](=O)[O-])c(NC[C@H]3CC[C@H](N)CC3)n2)cc1. The molecular formula is C20H29N7O2. The van der Waals surface area contributed by atoms with Crippen LogP contribution in [0.25, 0.3) is 0 Å². The monoisotopic (exact) mass is 399 g/mol. The number of nitrogens with zero attached hydrogens (tertiary/aromatic N) is 4. The van der Waals surface area contributed by atoms with E-state index in [0.29, 0.717) is 25.0 Å². The molecular weight excluding hydrogens is 370 g/mol. The average Bonchev–Trinajstić information content (AvgIpc) is 2.72. The molecule has 1 aromatic heterocycles. The van der Waals surface area contributed by atoms with Gasteiger partial charge in [-0.15, -0.1) is 0 Å². The number of nitro groups is 1. The summed E-state index contributed by atoms with van der Waals surface area (Å²) in [6, 6.07) is 8.41. The Morgan fingerprint density at radius 3 is 2.48 bits per heavy atom. The minimum atomic E-state index is -0.455. The number of anilines is 3. The Kier molecular flexibility index (Phi) is 6.82. The Bertz CT molecular complexity index is 818. The van der Waals surface area contributed by atoms with E-state index < -0.39 is 4.92 Å². The minimum absolute atomic E-state index is 0.113. The van der Waals surface area contributed by atoms with E-state index in [1.54, 1.807) is 0 Å². The molecule has 0 unspecified atom stereocenters. The van der Waals surface area contributed by atoms with Crippen LogP contribution >= 0.6 is 0 Å². The van der Waals surface area contributed by atoms with Gasteiger partial charge in [0, 0.05) is 38.9 Å². The Balaban J connectivity index is 1.63. The molecule has 1 saturated carbocycles. The summed E-state index contributed by atoms with van der Waals surface area (Å²) in [5, 5.41) is 17.6. The van der Waals surface area contributed by atoms with Gasteiger partial charge in [-0.3, -0.25) is 10.1 Å². The molecule has 4 N–H and O–H groups in total. The molecule has 1 aliphatic rings. The molecule has 9 nitrogen and oxygen atoms in total. The van der Waals surface area contributed by atoms with Gasteiger partial charge < -0.3 is 21.3 Å². The number of hydrogen-bond donors (Lipinski definition) is 3. The first kappa shape index (κ1) is 20.8. The normalized spacial score (nSPS) is 18.9. The molecule has 1 aliphatic carbocycles. The van der Waals surface area contributed by atoms with Crippen LogP contribution in [-0.2, 0) is 6.54 Å². The molecule has 0 atom stereocenters. The predicted molar refractivity (Wildman–Crippen MR) is 115 cm³/mol. The van der Waals surface area contributed by atoms with Crippen LogP contribution in [0.15, 0.2) is 30.5 Å². The Labute approximate surface area is 170 Å². The summed E-state index contributed by atoms with van der Waals surface area (Å²) in [5.74, 6) is 1.07. The maximum Gasteiger partial charge on any atom is 0.329 e. The fourth-order valence-electron chi connectivity index (χ4n) is 3.45. The van der Waals surface area contributed by atoms with Crippen LogP contribution in [0.3, 0.4) is 0 Å². The zero-order valence-corrected chi connectivity index (χ0v) is 17.0. The second kappa shape index (κ2) is 9.51. The van der Waals surface area contributed by atoms with Crippen LogP contribution in [0.2, 0.25) is 0 Å². The lowest BCUT2D eigenvalue weighted by molar-refractivity contribution is -0.384. The molecule has 0 saturated heterocycles. The van der Waals surface area contributed by atoms with E-state index >= 15 is 0 Å². The highest BCUT2D eigenvalue weighted by molar-refractivity contribution is 5.57. The van der Waals surface area contributed by atoms with Gasteiger partial charge in [-0.05, 0) is 49.3 Å². The Hall–Kier alpha value is -2.94. The number of rotatable bonds is 8. The summed E-state index contributed by atoms with van der Waals surface area (Å²) in [4.78, 5) is 21.4. The standard InChI is InChI=1S/C20H29N7O2/c1-26(2)17-9-5-15(6-10-17)12-23-20-24-13-18(27(28)29)19(25-20)22-11-14-3-7-16(21)8-4-14/h5-6,9-10,13-14,16H,3-4,7-8,11-12,21H2,1-2H3,(H2,22,23,24,25)/t14-,16-. The van der Waals surface area contributed by atoms with E-state index in [4.69, 9.17) is 5.73 Å². The van der Waals surface area contributed by atoms with Gasteiger partial charge in [-0.2, -0.15) is 4.98 Å². The number of nitrogens with two attached hydrogens (primary N) is 1.